The number of nitrogen functional groups attached to an aromatic ring is 1. The van der Waals surface area contributed by atoms with Crippen LogP contribution in [0.15, 0.2) is 24.3 Å². The molecule has 0 radical (unpaired) electrons. The van der Waals surface area contributed by atoms with E-state index in [1.54, 1.807) is 17.8 Å². The number of anilines is 3. The van der Waals surface area contributed by atoms with Crippen LogP contribution in [-0.4, -0.2) is 51.9 Å². The van der Waals surface area contributed by atoms with E-state index in [4.69, 9.17) is 16.2 Å². The van der Waals surface area contributed by atoms with E-state index in [9.17, 15) is 18.4 Å². The van der Waals surface area contributed by atoms with Gasteiger partial charge < -0.3 is 26.4 Å². The third kappa shape index (κ3) is 5.25. The van der Waals surface area contributed by atoms with Gasteiger partial charge in [-0.05, 0) is 18.6 Å². The first-order valence-electron chi connectivity index (χ1n) is 10.9. The van der Waals surface area contributed by atoms with Gasteiger partial charge in [-0.15, -0.1) is 0 Å². The molecule has 0 unspecified atom stereocenters. The van der Waals surface area contributed by atoms with Crippen LogP contribution >= 0.6 is 11.3 Å². The van der Waals surface area contributed by atoms with Crippen molar-refractivity contribution >= 4 is 39.9 Å². The van der Waals surface area contributed by atoms with Crippen LogP contribution in [0.5, 0.6) is 0 Å². The molecule has 0 bridgehead atoms. The number of benzene rings is 1. The molecule has 2 atom stereocenters. The summed E-state index contributed by atoms with van der Waals surface area (Å²) in [5.74, 6) is -1.63. The molecule has 0 aliphatic carbocycles. The van der Waals surface area contributed by atoms with Crippen molar-refractivity contribution in [3.05, 3.63) is 41.6 Å². The highest BCUT2D eigenvalue weighted by Gasteiger charge is 2.28. The average Bonchev–Trinajstić information content (AvgIpc) is 3.28. The fourth-order valence-electron chi connectivity index (χ4n) is 3.98. The van der Waals surface area contributed by atoms with Gasteiger partial charge in [-0.25, -0.2) is 13.8 Å². The molecule has 1 aromatic carbocycles. The largest absolute Gasteiger partial charge is 0.461 e. The molecular weight excluding hydrogens is 480 g/mol. The van der Waals surface area contributed by atoms with Crippen LogP contribution in [0.4, 0.5) is 25.4 Å². The number of halogens is 2. The number of thiazole rings is 1. The lowest BCUT2D eigenvalue weighted by Crippen LogP contribution is -2.37. The number of aryl methyl sites for hydroxylation is 1. The highest BCUT2D eigenvalue weighted by Crippen LogP contribution is 2.34. The second-order valence-corrected chi connectivity index (χ2v) is 9.20. The molecule has 0 spiro atoms. The predicted octanol–water partition coefficient (Wildman–Crippen LogP) is 2.52. The number of carbonyl (C=O) groups is 2. The fraction of sp³-hybridized carbons (Fsp3) is 0.364. The van der Waals surface area contributed by atoms with Crippen LogP contribution in [0.2, 0.25) is 0 Å². The topological polar surface area (TPSA) is 141 Å². The van der Waals surface area contributed by atoms with Crippen molar-refractivity contribution in [3.8, 4) is 10.6 Å². The van der Waals surface area contributed by atoms with Crippen LogP contribution in [-0.2, 0) is 16.6 Å². The number of amides is 1. The fourth-order valence-corrected chi connectivity index (χ4v) is 4.86. The first kappa shape index (κ1) is 24.5. The number of ether oxygens (including phenoxy) is 1. The Bertz CT molecular complexity index is 1240. The van der Waals surface area contributed by atoms with Crippen molar-refractivity contribution < 1.29 is 23.1 Å². The Balaban J connectivity index is 1.49. The number of nitrogens with one attached hydrogen (secondary N) is 1. The van der Waals surface area contributed by atoms with Gasteiger partial charge in [0.1, 0.15) is 33.6 Å². The molecule has 3 aromatic rings. The highest BCUT2D eigenvalue weighted by atomic mass is 32.1. The summed E-state index contributed by atoms with van der Waals surface area (Å²) in [4.78, 5) is 30.3. The van der Waals surface area contributed by atoms with Gasteiger partial charge in [0.25, 0.3) is 5.91 Å². The number of hydrogen-bond acceptors (Lipinski definition) is 9. The first-order valence-corrected chi connectivity index (χ1v) is 11.7. The van der Waals surface area contributed by atoms with E-state index in [1.165, 1.54) is 13.0 Å². The van der Waals surface area contributed by atoms with Gasteiger partial charge in [-0.3, -0.25) is 14.3 Å². The lowest BCUT2D eigenvalue weighted by atomic mass is 10.1. The normalized spacial score (nSPS) is 18.3. The molecule has 2 aromatic heterocycles. The van der Waals surface area contributed by atoms with E-state index >= 15 is 0 Å². The lowest BCUT2D eigenvalue weighted by molar-refractivity contribution is -0.147. The zero-order valence-corrected chi connectivity index (χ0v) is 19.9. The Hall–Kier alpha value is -3.58. The zero-order chi connectivity index (χ0) is 25.3. The molecule has 5 N–H and O–H groups in total. The second kappa shape index (κ2) is 9.96. The number of esters is 1. The molecule has 1 aliphatic heterocycles. The standard InChI is InChI=1S/C22H25F2N7O3S/c1-11(32)34-15-7-9-31(8-6-14(15)25)17-10-16(29-30(17)2)27-21(33)19-20(26)35-22(28-19)18-12(23)4-3-5-13(18)24/h3-5,10,14-15H,6-9,25-26H2,1-2H3,(H,27,29,33)/t14-,15-/m1/s1. The van der Waals surface area contributed by atoms with Gasteiger partial charge in [0, 0.05) is 45.6 Å². The minimum absolute atomic E-state index is 0.0225. The van der Waals surface area contributed by atoms with Crippen LogP contribution in [0, 0.1) is 11.6 Å². The number of aromatic nitrogens is 3. The SMILES string of the molecule is CC(=O)O[C@@H]1CCN(c2cc(NC(=O)c3nc(-c4c(F)cccc4F)sc3N)nn2C)CC[C@H]1N. The molecular formula is C22H25F2N7O3S. The van der Waals surface area contributed by atoms with Crippen molar-refractivity contribution in [2.45, 2.75) is 31.9 Å². The molecule has 13 heteroatoms. The smallest absolute Gasteiger partial charge is 0.302 e. The minimum atomic E-state index is -0.798. The van der Waals surface area contributed by atoms with E-state index in [-0.39, 0.29) is 45.2 Å². The quantitative estimate of drug-likeness (QED) is 0.449. The van der Waals surface area contributed by atoms with Crippen LogP contribution in [0.25, 0.3) is 10.6 Å². The third-order valence-corrected chi connectivity index (χ3v) is 6.58. The predicted molar refractivity (Wildman–Crippen MR) is 128 cm³/mol. The molecule has 10 nitrogen and oxygen atoms in total. The van der Waals surface area contributed by atoms with E-state index in [1.807, 2.05) is 4.90 Å². The van der Waals surface area contributed by atoms with Gasteiger partial charge in [0.2, 0.25) is 0 Å². The summed E-state index contributed by atoms with van der Waals surface area (Å²) >= 11 is 0.817. The van der Waals surface area contributed by atoms with Crippen LogP contribution in [0.1, 0.15) is 30.3 Å². The molecule has 4 rings (SSSR count). The monoisotopic (exact) mass is 505 g/mol. The number of nitrogens with zero attached hydrogens (tertiary/aromatic N) is 4. The van der Waals surface area contributed by atoms with Gasteiger partial charge >= 0.3 is 5.97 Å². The Morgan fingerprint density at radius 3 is 2.60 bits per heavy atom. The minimum Gasteiger partial charge on any atom is -0.461 e. The summed E-state index contributed by atoms with van der Waals surface area (Å²) in [6.07, 6.45) is 0.791. The number of rotatable bonds is 5. The summed E-state index contributed by atoms with van der Waals surface area (Å²) < 4.78 is 35.2. The lowest BCUT2D eigenvalue weighted by Gasteiger charge is -2.22. The van der Waals surface area contributed by atoms with Gasteiger partial charge in [-0.2, -0.15) is 5.10 Å². The van der Waals surface area contributed by atoms with E-state index in [2.05, 4.69) is 15.4 Å². The molecule has 1 fully saturated rings. The van der Waals surface area contributed by atoms with Gasteiger partial charge in [0.05, 0.1) is 5.56 Å². The van der Waals surface area contributed by atoms with Crippen molar-refractivity contribution in [1.29, 1.82) is 0 Å². The Morgan fingerprint density at radius 1 is 1.23 bits per heavy atom. The summed E-state index contributed by atoms with van der Waals surface area (Å²) in [6.45, 7) is 2.55. The molecule has 0 saturated carbocycles. The Morgan fingerprint density at radius 2 is 1.91 bits per heavy atom. The van der Waals surface area contributed by atoms with Crippen molar-refractivity contribution in [1.82, 2.24) is 14.8 Å². The first-order chi connectivity index (χ1) is 16.6. The number of nitrogens with two attached hydrogens (primary N) is 2. The molecule has 1 amide bonds. The second-order valence-electron chi connectivity index (χ2n) is 8.17. The maximum atomic E-state index is 14.1. The van der Waals surface area contributed by atoms with Gasteiger partial charge in [0.15, 0.2) is 11.5 Å². The van der Waals surface area contributed by atoms with E-state index in [0.717, 1.165) is 29.3 Å². The third-order valence-electron chi connectivity index (χ3n) is 5.68. The number of hydrogen-bond donors (Lipinski definition) is 3. The van der Waals surface area contributed by atoms with Crippen molar-refractivity contribution in [2.24, 2.45) is 12.8 Å². The summed E-state index contributed by atoms with van der Waals surface area (Å²) in [5.41, 5.74) is 11.6. The van der Waals surface area contributed by atoms with E-state index < -0.39 is 17.5 Å². The van der Waals surface area contributed by atoms with Crippen LogP contribution in [0.3, 0.4) is 0 Å². The molecule has 3 heterocycles. The van der Waals surface area contributed by atoms with Crippen molar-refractivity contribution in [2.75, 3.05) is 29.0 Å². The molecule has 1 aliphatic rings. The van der Waals surface area contributed by atoms with E-state index in [0.29, 0.717) is 25.9 Å². The number of carbonyl (C=O) groups excluding carboxylic acids is 2. The summed E-state index contributed by atoms with van der Waals surface area (Å²) in [5, 5.41) is 6.96. The maximum absolute atomic E-state index is 14.1. The summed E-state index contributed by atoms with van der Waals surface area (Å²) in [7, 11) is 1.73. The Labute approximate surface area is 203 Å². The Kier molecular flexibility index (Phi) is 6.98. The average molecular weight is 506 g/mol. The molecule has 35 heavy (non-hydrogen) atoms. The van der Waals surface area contributed by atoms with Gasteiger partial charge in [-0.1, -0.05) is 17.4 Å². The summed E-state index contributed by atoms with van der Waals surface area (Å²) in [6, 6.07) is 4.86. The maximum Gasteiger partial charge on any atom is 0.302 e. The zero-order valence-electron chi connectivity index (χ0n) is 19.1. The van der Waals surface area contributed by atoms with Crippen molar-refractivity contribution in [3.63, 3.8) is 0 Å². The molecule has 186 valence electrons. The van der Waals surface area contributed by atoms with Crippen LogP contribution < -0.4 is 21.7 Å². The molecule has 1 saturated heterocycles. The highest BCUT2D eigenvalue weighted by molar-refractivity contribution is 7.19.